The second-order valence-corrected chi connectivity index (χ2v) is 3.14. The number of rotatable bonds is 5. The SMILES string of the molecule is O=C(O)CC(Nc1cccc(F)c1)C(=O)O. The summed E-state index contributed by atoms with van der Waals surface area (Å²) in [6, 6.07) is 3.88. The van der Waals surface area contributed by atoms with Gasteiger partial charge in [0.25, 0.3) is 0 Å². The number of aliphatic carboxylic acids is 2. The number of hydrogen-bond acceptors (Lipinski definition) is 3. The maximum Gasteiger partial charge on any atom is 0.326 e. The van der Waals surface area contributed by atoms with Crippen molar-refractivity contribution in [3.63, 3.8) is 0 Å². The van der Waals surface area contributed by atoms with Gasteiger partial charge in [-0.2, -0.15) is 0 Å². The fraction of sp³-hybridized carbons (Fsp3) is 0.200. The first-order chi connectivity index (χ1) is 7.49. The van der Waals surface area contributed by atoms with Gasteiger partial charge in [0.15, 0.2) is 0 Å². The lowest BCUT2D eigenvalue weighted by Gasteiger charge is -2.13. The highest BCUT2D eigenvalue weighted by molar-refractivity contribution is 5.83. The summed E-state index contributed by atoms with van der Waals surface area (Å²) in [4.78, 5) is 21.1. The third kappa shape index (κ3) is 3.56. The minimum atomic E-state index is -1.30. The van der Waals surface area contributed by atoms with E-state index in [9.17, 15) is 14.0 Å². The van der Waals surface area contributed by atoms with Crippen molar-refractivity contribution >= 4 is 17.6 Å². The number of carboxylic acid groups (broad SMARTS) is 2. The van der Waals surface area contributed by atoms with E-state index in [2.05, 4.69) is 5.32 Å². The van der Waals surface area contributed by atoms with Gasteiger partial charge in [0.05, 0.1) is 6.42 Å². The zero-order chi connectivity index (χ0) is 12.1. The van der Waals surface area contributed by atoms with E-state index in [1.54, 1.807) is 0 Å². The number of nitrogens with one attached hydrogen (secondary N) is 1. The molecule has 0 saturated carbocycles. The zero-order valence-corrected chi connectivity index (χ0v) is 8.18. The molecule has 86 valence electrons. The molecule has 0 aliphatic rings. The number of hydrogen-bond donors (Lipinski definition) is 3. The van der Waals surface area contributed by atoms with E-state index >= 15 is 0 Å². The molecular formula is C10H10FNO4. The number of anilines is 1. The number of carboxylic acids is 2. The molecule has 0 bridgehead atoms. The summed E-state index contributed by atoms with van der Waals surface area (Å²) in [6.07, 6.45) is -0.578. The van der Waals surface area contributed by atoms with E-state index in [-0.39, 0.29) is 5.69 Å². The Bertz CT molecular complexity index is 408. The molecule has 1 aromatic rings. The van der Waals surface area contributed by atoms with Crippen LogP contribution in [0.4, 0.5) is 10.1 Å². The lowest BCUT2D eigenvalue weighted by Crippen LogP contribution is -2.31. The molecule has 3 N–H and O–H groups in total. The van der Waals surface area contributed by atoms with Gasteiger partial charge in [0, 0.05) is 5.69 Å². The molecule has 16 heavy (non-hydrogen) atoms. The Morgan fingerprint density at radius 1 is 1.38 bits per heavy atom. The second kappa shape index (κ2) is 5.11. The highest BCUT2D eigenvalue weighted by Crippen LogP contribution is 2.11. The molecule has 0 saturated heterocycles. The quantitative estimate of drug-likeness (QED) is 0.702. The van der Waals surface area contributed by atoms with Crippen molar-refractivity contribution < 1.29 is 24.2 Å². The lowest BCUT2D eigenvalue weighted by molar-refractivity contribution is -0.144. The van der Waals surface area contributed by atoms with Crippen LogP contribution in [0.2, 0.25) is 0 Å². The summed E-state index contributed by atoms with van der Waals surface area (Å²) in [5, 5.41) is 19.7. The van der Waals surface area contributed by atoms with Gasteiger partial charge < -0.3 is 15.5 Å². The van der Waals surface area contributed by atoms with E-state index in [1.165, 1.54) is 18.2 Å². The van der Waals surface area contributed by atoms with Crippen LogP contribution in [0.25, 0.3) is 0 Å². The first-order valence-corrected chi connectivity index (χ1v) is 4.45. The first kappa shape index (κ1) is 12.0. The van der Waals surface area contributed by atoms with Crippen molar-refractivity contribution in [3.05, 3.63) is 30.1 Å². The monoisotopic (exact) mass is 227 g/mol. The molecular weight excluding hydrogens is 217 g/mol. The molecule has 0 radical (unpaired) electrons. The molecule has 5 nitrogen and oxygen atoms in total. The molecule has 0 amide bonds. The van der Waals surface area contributed by atoms with Gasteiger partial charge in [0.1, 0.15) is 11.9 Å². The minimum absolute atomic E-state index is 0.230. The average molecular weight is 227 g/mol. The molecule has 0 aromatic heterocycles. The van der Waals surface area contributed by atoms with E-state index in [4.69, 9.17) is 10.2 Å². The summed E-state index contributed by atoms with van der Waals surface area (Å²) in [5.74, 6) is -3.06. The van der Waals surface area contributed by atoms with Crippen LogP contribution in [-0.2, 0) is 9.59 Å². The van der Waals surface area contributed by atoms with Gasteiger partial charge >= 0.3 is 11.9 Å². The summed E-state index contributed by atoms with van der Waals surface area (Å²) >= 11 is 0. The summed E-state index contributed by atoms with van der Waals surface area (Å²) in [6.45, 7) is 0. The lowest BCUT2D eigenvalue weighted by atomic mass is 10.2. The third-order valence-corrected chi connectivity index (χ3v) is 1.84. The van der Waals surface area contributed by atoms with Crippen LogP contribution in [0.3, 0.4) is 0 Å². The number of carbonyl (C=O) groups is 2. The highest BCUT2D eigenvalue weighted by atomic mass is 19.1. The molecule has 0 aliphatic carbocycles. The fourth-order valence-corrected chi connectivity index (χ4v) is 1.15. The van der Waals surface area contributed by atoms with Gasteiger partial charge in [-0.1, -0.05) is 6.07 Å². The van der Waals surface area contributed by atoms with Crippen molar-refractivity contribution in [2.75, 3.05) is 5.32 Å². The van der Waals surface area contributed by atoms with Crippen molar-refractivity contribution in [1.82, 2.24) is 0 Å². The van der Waals surface area contributed by atoms with Crippen LogP contribution in [0, 0.1) is 5.82 Å². The largest absolute Gasteiger partial charge is 0.481 e. The van der Waals surface area contributed by atoms with Gasteiger partial charge in [-0.05, 0) is 18.2 Å². The molecule has 1 unspecified atom stereocenters. The Balaban J connectivity index is 2.75. The first-order valence-electron chi connectivity index (χ1n) is 4.45. The summed E-state index contributed by atoms with van der Waals surface area (Å²) in [7, 11) is 0. The molecule has 1 atom stereocenters. The Hall–Kier alpha value is -2.11. The summed E-state index contributed by atoms with van der Waals surface area (Å²) < 4.78 is 12.8. The molecule has 0 aliphatic heterocycles. The van der Waals surface area contributed by atoms with E-state index in [0.29, 0.717) is 0 Å². The van der Waals surface area contributed by atoms with Crippen molar-refractivity contribution in [2.24, 2.45) is 0 Å². The van der Waals surface area contributed by atoms with E-state index in [0.717, 1.165) is 6.07 Å². The molecule has 0 spiro atoms. The predicted octanol–water partition coefficient (Wildman–Crippen LogP) is 1.17. The molecule has 1 aromatic carbocycles. The molecule has 0 heterocycles. The molecule has 1 rings (SSSR count). The Morgan fingerprint density at radius 3 is 2.56 bits per heavy atom. The van der Waals surface area contributed by atoms with Crippen LogP contribution in [0.1, 0.15) is 6.42 Å². The average Bonchev–Trinajstić information content (AvgIpc) is 2.15. The zero-order valence-electron chi connectivity index (χ0n) is 8.18. The maximum atomic E-state index is 12.8. The molecule has 6 heteroatoms. The fourth-order valence-electron chi connectivity index (χ4n) is 1.15. The normalized spacial score (nSPS) is 11.8. The van der Waals surface area contributed by atoms with Crippen LogP contribution in [0.5, 0.6) is 0 Å². The summed E-state index contributed by atoms with van der Waals surface area (Å²) in [5.41, 5.74) is 0.230. The standard InChI is InChI=1S/C10H10FNO4/c11-6-2-1-3-7(4-6)12-8(10(15)16)5-9(13)14/h1-4,8,12H,5H2,(H,13,14)(H,15,16). The van der Waals surface area contributed by atoms with Crippen molar-refractivity contribution in [2.45, 2.75) is 12.5 Å². The highest BCUT2D eigenvalue weighted by Gasteiger charge is 2.20. The van der Waals surface area contributed by atoms with E-state index in [1.807, 2.05) is 0 Å². The van der Waals surface area contributed by atoms with Gasteiger partial charge in [0.2, 0.25) is 0 Å². The van der Waals surface area contributed by atoms with Crippen molar-refractivity contribution in [1.29, 1.82) is 0 Å². The number of benzene rings is 1. The Morgan fingerprint density at radius 2 is 2.06 bits per heavy atom. The van der Waals surface area contributed by atoms with Crippen LogP contribution < -0.4 is 5.32 Å². The topological polar surface area (TPSA) is 86.6 Å². The van der Waals surface area contributed by atoms with Crippen LogP contribution >= 0.6 is 0 Å². The predicted molar refractivity (Wildman–Crippen MR) is 53.7 cm³/mol. The van der Waals surface area contributed by atoms with Crippen molar-refractivity contribution in [3.8, 4) is 0 Å². The van der Waals surface area contributed by atoms with Crippen LogP contribution in [0.15, 0.2) is 24.3 Å². The minimum Gasteiger partial charge on any atom is -0.481 e. The van der Waals surface area contributed by atoms with Gasteiger partial charge in [-0.15, -0.1) is 0 Å². The second-order valence-electron chi connectivity index (χ2n) is 3.14. The van der Waals surface area contributed by atoms with E-state index < -0.39 is 30.2 Å². The van der Waals surface area contributed by atoms with Gasteiger partial charge in [-0.3, -0.25) is 4.79 Å². The third-order valence-electron chi connectivity index (χ3n) is 1.84. The Kier molecular flexibility index (Phi) is 3.82. The number of halogens is 1. The van der Waals surface area contributed by atoms with Gasteiger partial charge in [-0.25, -0.2) is 9.18 Å². The maximum absolute atomic E-state index is 12.8. The molecule has 0 fully saturated rings. The smallest absolute Gasteiger partial charge is 0.326 e. The van der Waals surface area contributed by atoms with Crippen LogP contribution in [-0.4, -0.2) is 28.2 Å². The Labute approximate surface area is 90.5 Å².